The largest absolute Gasteiger partial charge is 0.372 e. The van der Waals surface area contributed by atoms with E-state index in [-0.39, 0.29) is 11.8 Å². The standard InChI is InChI=1S/C21H26ClN3O2/c1-4-6-13-25(5-2)18-10-7-16(8-11-18)21(27)24-20-12-9-17(14-19(20)22)23-15(3)26/h7-12,14H,4-6,13H2,1-3H3,(H,23,26)(H,24,27). The smallest absolute Gasteiger partial charge is 0.255 e. The summed E-state index contributed by atoms with van der Waals surface area (Å²) in [6.45, 7) is 7.67. The van der Waals surface area contributed by atoms with Crippen molar-refractivity contribution in [3.63, 3.8) is 0 Å². The number of halogens is 1. The van der Waals surface area contributed by atoms with Gasteiger partial charge < -0.3 is 15.5 Å². The molecule has 2 amide bonds. The fraction of sp³-hybridized carbons (Fsp3) is 0.333. The molecular weight excluding hydrogens is 362 g/mol. The molecule has 0 fully saturated rings. The van der Waals surface area contributed by atoms with Gasteiger partial charge in [0.25, 0.3) is 5.91 Å². The van der Waals surface area contributed by atoms with Crippen LogP contribution in [0.2, 0.25) is 5.02 Å². The molecule has 0 saturated carbocycles. The molecule has 6 heteroatoms. The van der Waals surface area contributed by atoms with Crippen molar-refractivity contribution in [3.05, 3.63) is 53.1 Å². The van der Waals surface area contributed by atoms with Gasteiger partial charge >= 0.3 is 0 Å². The van der Waals surface area contributed by atoms with Crippen LogP contribution in [0.4, 0.5) is 17.1 Å². The maximum atomic E-state index is 12.5. The third-order valence-electron chi connectivity index (χ3n) is 4.20. The highest BCUT2D eigenvalue weighted by atomic mass is 35.5. The number of hydrogen-bond donors (Lipinski definition) is 2. The Morgan fingerprint density at radius 1 is 1.04 bits per heavy atom. The number of benzene rings is 2. The minimum Gasteiger partial charge on any atom is -0.372 e. The van der Waals surface area contributed by atoms with E-state index in [2.05, 4.69) is 29.4 Å². The Hall–Kier alpha value is -2.53. The summed E-state index contributed by atoms with van der Waals surface area (Å²) >= 11 is 6.21. The second kappa shape index (κ2) is 9.97. The SMILES string of the molecule is CCCCN(CC)c1ccc(C(=O)Nc2ccc(NC(C)=O)cc2Cl)cc1. The maximum Gasteiger partial charge on any atom is 0.255 e. The second-order valence-electron chi connectivity index (χ2n) is 6.31. The normalized spacial score (nSPS) is 10.4. The predicted octanol–water partition coefficient (Wildman–Crippen LogP) is 5.18. The molecule has 0 atom stereocenters. The Kier molecular flexibility index (Phi) is 7.67. The summed E-state index contributed by atoms with van der Waals surface area (Å²) in [5.41, 5.74) is 2.76. The lowest BCUT2D eigenvalue weighted by molar-refractivity contribution is -0.114. The zero-order chi connectivity index (χ0) is 19.8. The van der Waals surface area contributed by atoms with E-state index in [0.29, 0.717) is 22.0 Å². The van der Waals surface area contributed by atoms with Gasteiger partial charge in [0, 0.05) is 37.0 Å². The van der Waals surface area contributed by atoms with Crippen molar-refractivity contribution < 1.29 is 9.59 Å². The van der Waals surface area contributed by atoms with Gasteiger partial charge in [-0.2, -0.15) is 0 Å². The van der Waals surface area contributed by atoms with E-state index in [9.17, 15) is 9.59 Å². The summed E-state index contributed by atoms with van der Waals surface area (Å²) in [5.74, 6) is -0.407. The van der Waals surface area contributed by atoms with Gasteiger partial charge in [-0.3, -0.25) is 9.59 Å². The quantitative estimate of drug-likeness (QED) is 0.656. The van der Waals surface area contributed by atoms with Crippen molar-refractivity contribution in [1.82, 2.24) is 0 Å². The molecule has 0 bridgehead atoms. The molecule has 0 radical (unpaired) electrons. The monoisotopic (exact) mass is 387 g/mol. The van der Waals surface area contributed by atoms with Crippen LogP contribution < -0.4 is 15.5 Å². The molecular formula is C21H26ClN3O2. The van der Waals surface area contributed by atoms with Crippen molar-refractivity contribution in [1.29, 1.82) is 0 Å². The Morgan fingerprint density at radius 3 is 2.30 bits per heavy atom. The molecule has 0 unspecified atom stereocenters. The van der Waals surface area contributed by atoms with E-state index < -0.39 is 0 Å². The maximum absolute atomic E-state index is 12.5. The van der Waals surface area contributed by atoms with E-state index >= 15 is 0 Å². The Bertz CT molecular complexity index is 791. The minimum absolute atomic E-state index is 0.178. The Balaban J connectivity index is 2.06. The van der Waals surface area contributed by atoms with Crippen molar-refractivity contribution in [2.45, 2.75) is 33.6 Å². The first-order valence-electron chi connectivity index (χ1n) is 9.18. The number of anilines is 3. The number of amides is 2. The van der Waals surface area contributed by atoms with Gasteiger partial charge in [-0.15, -0.1) is 0 Å². The molecule has 2 N–H and O–H groups in total. The van der Waals surface area contributed by atoms with E-state index in [1.165, 1.54) is 6.92 Å². The van der Waals surface area contributed by atoms with Gasteiger partial charge in [0.2, 0.25) is 5.91 Å². The highest BCUT2D eigenvalue weighted by Crippen LogP contribution is 2.26. The highest BCUT2D eigenvalue weighted by molar-refractivity contribution is 6.34. The fourth-order valence-corrected chi connectivity index (χ4v) is 2.96. The number of carbonyl (C=O) groups excluding carboxylic acids is 2. The first-order chi connectivity index (χ1) is 12.9. The molecule has 0 aliphatic heterocycles. The highest BCUT2D eigenvalue weighted by Gasteiger charge is 2.11. The summed E-state index contributed by atoms with van der Waals surface area (Å²) in [5, 5.41) is 5.82. The minimum atomic E-state index is -0.229. The number of carbonyl (C=O) groups is 2. The molecule has 5 nitrogen and oxygen atoms in total. The predicted molar refractivity (Wildman–Crippen MR) is 113 cm³/mol. The summed E-state index contributed by atoms with van der Waals surface area (Å²) in [6, 6.07) is 12.5. The number of unbranched alkanes of at least 4 members (excludes halogenated alkanes) is 1. The zero-order valence-corrected chi connectivity index (χ0v) is 16.8. The average molecular weight is 388 g/mol. The van der Waals surface area contributed by atoms with Crippen LogP contribution in [-0.4, -0.2) is 24.9 Å². The van der Waals surface area contributed by atoms with Gasteiger partial charge in [-0.1, -0.05) is 24.9 Å². The second-order valence-corrected chi connectivity index (χ2v) is 6.72. The van der Waals surface area contributed by atoms with E-state index in [0.717, 1.165) is 31.6 Å². The molecule has 2 aromatic rings. The number of nitrogens with zero attached hydrogens (tertiary/aromatic N) is 1. The lowest BCUT2D eigenvalue weighted by Gasteiger charge is -2.23. The number of hydrogen-bond acceptors (Lipinski definition) is 3. The summed E-state index contributed by atoms with van der Waals surface area (Å²) in [4.78, 5) is 25.9. The van der Waals surface area contributed by atoms with Gasteiger partial charge in [0.15, 0.2) is 0 Å². The first kappa shape index (κ1) is 20.8. The van der Waals surface area contributed by atoms with Crippen molar-refractivity contribution in [3.8, 4) is 0 Å². The van der Waals surface area contributed by atoms with E-state index in [1.807, 2.05) is 24.3 Å². The lowest BCUT2D eigenvalue weighted by atomic mass is 10.1. The first-order valence-corrected chi connectivity index (χ1v) is 9.55. The van der Waals surface area contributed by atoms with Crippen LogP contribution in [0.25, 0.3) is 0 Å². The average Bonchev–Trinajstić information content (AvgIpc) is 2.64. The van der Waals surface area contributed by atoms with Crippen LogP contribution in [0.3, 0.4) is 0 Å². The number of nitrogens with one attached hydrogen (secondary N) is 2. The molecule has 0 heterocycles. The molecule has 0 aromatic heterocycles. The van der Waals surface area contributed by atoms with E-state index in [1.54, 1.807) is 18.2 Å². The van der Waals surface area contributed by atoms with Gasteiger partial charge in [0.05, 0.1) is 10.7 Å². The Morgan fingerprint density at radius 2 is 1.74 bits per heavy atom. The summed E-state index contributed by atoms with van der Waals surface area (Å²) in [7, 11) is 0. The fourth-order valence-electron chi connectivity index (χ4n) is 2.73. The zero-order valence-electron chi connectivity index (χ0n) is 16.0. The van der Waals surface area contributed by atoms with Crippen LogP contribution >= 0.6 is 11.6 Å². The summed E-state index contributed by atoms with van der Waals surface area (Å²) in [6.07, 6.45) is 2.29. The lowest BCUT2D eigenvalue weighted by Crippen LogP contribution is -2.23. The van der Waals surface area contributed by atoms with Crippen molar-refractivity contribution in [2.24, 2.45) is 0 Å². The van der Waals surface area contributed by atoms with Gasteiger partial charge in [-0.05, 0) is 55.8 Å². The van der Waals surface area contributed by atoms with Crippen LogP contribution in [0.5, 0.6) is 0 Å². The van der Waals surface area contributed by atoms with E-state index in [4.69, 9.17) is 11.6 Å². The molecule has 0 aliphatic carbocycles. The van der Waals surface area contributed by atoms with Gasteiger partial charge in [-0.25, -0.2) is 0 Å². The van der Waals surface area contributed by atoms with Crippen molar-refractivity contribution in [2.75, 3.05) is 28.6 Å². The molecule has 0 spiro atoms. The summed E-state index contributed by atoms with van der Waals surface area (Å²) < 4.78 is 0. The molecule has 0 saturated heterocycles. The van der Waals surface area contributed by atoms with Crippen LogP contribution in [0, 0.1) is 0 Å². The third kappa shape index (κ3) is 6.00. The van der Waals surface area contributed by atoms with Gasteiger partial charge in [0.1, 0.15) is 0 Å². The molecule has 0 aliphatic rings. The molecule has 2 aromatic carbocycles. The third-order valence-corrected chi connectivity index (χ3v) is 4.51. The van der Waals surface area contributed by atoms with Crippen LogP contribution in [-0.2, 0) is 4.79 Å². The molecule has 27 heavy (non-hydrogen) atoms. The van der Waals surface area contributed by atoms with Crippen molar-refractivity contribution >= 4 is 40.5 Å². The van der Waals surface area contributed by atoms with Crippen LogP contribution in [0.15, 0.2) is 42.5 Å². The Labute approximate surface area is 165 Å². The topological polar surface area (TPSA) is 61.4 Å². The van der Waals surface area contributed by atoms with Crippen LogP contribution in [0.1, 0.15) is 44.0 Å². The molecule has 2 rings (SSSR count). The molecule has 144 valence electrons. The number of rotatable bonds is 8.